The number of rotatable bonds is 10. The van der Waals surface area contributed by atoms with E-state index in [9.17, 15) is 4.79 Å². The number of amides is 1. The first-order valence-corrected chi connectivity index (χ1v) is 13.8. The second-order valence-electron chi connectivity index (χ2n) is 12.0. The maximum Gasteiger partial charge on any atom is 0.408 e. The number of carbonyl (C=O) groups is 1. The highest BCUT2D eigenvalue weighted by atomic mass is 16.7. The van der Waals surface area contributed by atoms with Gasteiger partial charge in [0, 0.05) is 6.61 Å². The summed E-state index contributed by atoms with van der Waals surface area (Å²) in [7, 11) is 1.66. The van der Waals surface area contributed by atoms with Gasteiger partial charge in [-0.25, -0.2) is 4.79 Å². The normalized spacial score (nSPS) is 25.7. The van der Waals surface area contributed by atoms with Crippen molar-refractivity contribution in [3.05, 3.63) is 53.6 Å². The summed E-state index contributed by atoms with van der Waals surface area (Å²) >= 11 is 0. The molecule has 0 aromatic heterocycles. The van der Waals surface area contributed by atoms with Crippen molar-refractivity contribution in [2.75, 3.05) is 20.3 Å². The Morgan fingerprint density at radius 3 is 2.59 bits per heavy atom. The summed E-state index contributed by atoms with van der Waals surface area (Å²) in [4.78, 5) is 12.4. The van der Waals surface area contributed by atoms with E-state index in [0.717, 1.165) is 36.1 Å². The van der Waals surface area contributed by atoms with Crippen LogP contribution in [0.15, 0.2) is 48.1 Å². The van der Waals surface area contributed by atoms with E-state index < -0.39 is 17.5 Å². The van der Waals surface area contributed by atoms with E-state index in [2.05, 4.69) is 24.9 Å². The number of ether oxygens (including phenoxy) is 6. The minimum absolute atomic E-state index is 0.0528. The van der Waals surface area contributed by atoms with Crippen molar-refractivity contribution >= 4 is 6.09 Å². The Hall–Kier alpha value is -2.39. The average molecular weight is 546 g/mol. The monoisotopic (exact) mass is 545 g/mol. The summed E-state index contributed by atoms with van der Waals surface area (Å²) in [6.07, 6.45) is 4.51. The van der Waals surface area contributed by atoms with Gasteiger partial charge < -0.3 is 33.7 Å². The number of hydrogen-bond donors (Lipinski definition) is 1. The third kappa shape index (κ3) is 11.0. The van der Waals surface area contributed by atoms with Crippen molar-refractivity contribution in [2.24, 2.45) is 0 Å². The molecule has 1 aromatic carbocycles. The molecule has 1 amide bonds. The molecule has 1 aromatic rings. The highest BCUT2D eigenvalue weighted by Crippen LogP contribution is 2.30. The van der Waals surface area contributed by atoms with Crippen LogP contribution in [0.1, 0.15) is 72.8 Å². The summed E-state index contributed by atoms with van der Waals surface area (Å²) in [5.74, 6) is 0.105. The summed E-state index contributed by atoms with van der Waals surface area (Å²) in [5, 5.41) is 2.93. The molecule has 2 heterocycles. The van der Waals surface area contributed by atoms with Gasteiger partial charge in [0.25, 0.3) is 0 Å². The van der Waals surface area contributed by atoms with Gasteiger partial charge in [-0.15, -0.1) is 0 Å². The Bertz CT molecular complexity index is 980. The molecule has 0 unspecified atom stereocenters. The number of nitrogens with one attached hydrogen (secondary N) is 1. The zero-order valence-electron chi connectivity index (χ0n) is 24.7. The molecule has 8 nitrogen and oxygen atoms in total. The van der Waals surface area contributed by atoms with E-state index in [1.54, 1.807) is 7.11 Å². The van der Waals surface area contributed by atoms with Crippen LogP contribution in [-0.2, 0) is 30.3 Å². The van der Waals surface area contributed by atoms with Gasteiger partial charge in [-0.2, -0.15) is 0 Å². The van der Waals surface area contributed by atoms with E-state index in [1.807, 2.05) is 58.9 Å². The number of hydrogen-bond acceptors (Lipinski definition) is 7. The van der Waals surface area contributed by atoms with Gasteiger partial charge in [-0.1, -0.05) is 35.9 Å². The molecule has 2 aliphatic heterocycles. The zero-order valence-corrected chi connectivity index (χ0v) is 24.7. The van der Waals surface area contributed by atoms with Crippen molar-refractivity contribution in [1.82, 2.24) is 5.32 Å². The molecule has 218 valence electrons. The first kappa shape index (κ1) is 31.1. The SMILES string of the molecule is C=C1C[C@H](CCOCc2ccc(OC)cc2)O[C@H](/C=C(\C)C[C@@H]2OC(C)(C)OC[C@@H]2NC(=O)OC(C)(C)C)C1. The molecule has 0 saturated carbocycles. The van der Waals surface area contributed by atoms with Crippen molar-refractivity contribution in [3.8, 4) is 5.75 Å². The number of benzene rings is 1. The Labute approximate surface area is 234 Å². The van der Waals surface area contributed by atoms with E-state index >= 15 is 0 Å². The molecule has 8 heteroatoms. The van der Waals surface area contributed by atoms with Gasteiger partial charge in [0.1, 0.15) is 11.4 Å². The molecule has 2 saturated heterocycles. The molecule has 0 bridgehead atoms. The fourth-order valence-electron chi connectivity index (χ4n) is 4.79. The lowest BCUT2D eigenvalue weighted by Crippen LogP contribution is -2.56. The first-order valence-electron chi connectivity index (χ1n) is 13.8. The minimum atomic E-state index is -0.733. The third-order valence-electron chi connectivity index (χ3n) is 6.58. The van der Waals surface area contributed by atoms with Crippen LogP contribution in [-0.4, -0.2) is 62.2 Å². The zero-order chi connectivity index (χ0) is 28.6. The van der Waals surface area contributed by atoms with E-state index in [0.29, 0.717) is 26.2 Å². The van der Waals surface area contributed by atoms with Crippen molar-refractivity contribution in [2.45, 2.75) is 110 Å². The first-order chi connectivity index (χ1) is 18.3. The lowest BCUT2D eigenvalue weighted by Gasteiger charge is -2.41. The van der Waals surface area contributed by atoms with Crippen LogP contribution in [0.3, 0.4) is 0 Å². The molecule has 1 N–H and O–H groups in total. The Balaban J connectivity index is 1.52. The van der Waals surface area contributed by atoms with Crippen molar-refractivity contribution < 1.29 is 33.2 Å². The quantitative estimate of drug-likeness (QED) is 0.281. The van der Waals surface area contributed by atoms with Crippen LogP contribution in [0, 0.1) is 0 Å². The summed E-state index contributed by atoms with van der Waals surface area (Å²) in [6.45, 7) is 17.1. The van der Waals surface area contributed by atoms with E-state index in [4.69, 9.17) is 28.4 Å². The standard InChI is InChI=1S/C31H47NO7/c1-21-15-25(13-14-35-19-23-9-11-24(34-8)12-10-23)37-26(16-21)17-22(2)18-28-27(20-36-31(6,7)38-28)32-29(33)39-30(3,4)5/h9-12,17,25-28H,1,13-16,18-20H2,2-8H3,(H,32,33)/b22-17+/t25-,26-,27-,28-/m0/s1. The minimum Gasteiger partial charge on any atom is -0.497 e. The maximum atomic E-state index is 12.4. The Morgan fingerprint density at radius 2 is 1.92 bits per heavy atom. The van der Waals surface area contributed by atoms with Crippen LogP contribution in [0.2, 0.25) is 0 Å². The second-order valence-corrected chi connectivity index (χ2v) is 12.0. The third-order valence-corrected chi connectivity index (χ3v) is 6.58. The molecule has 39 heavy (non-hydrogen) atoms. The molecular weight excluding hydrogens is 498 g/mol. The largest absolute Gasteiger partial charge is 0.497 e. The summed E-state index contributed by atoms with van der Waals surface area (Å²) in [6, 6.07) is 7.58. The maximum absolute atomic E-state index is 12.4. The molecule has 2 aliphatic rings. The smallest absolute Gasteiger partial charge is 0.408 e. The molecule has 0 spiro atoms. The second kappa shape index (κ2) is 13.8. The lowest BCUT2D eigenvalue weighted by molar-refractivity contribution is -0.281. The fourth-order valence-corrected chi connectivity index (χ4v) is 4.79. The van der Waals surface area contributed by atoms with Crippen molar-refractivity contribution in [3.63, 3.8) is 0 Å². The number of carbonyl (C=O) groups excluding carboxylic acids is 1. The Morgan fingerprint density at radius 1 is 1.21 bits per heavy atom. The predicted octanol–water partition coefficient (Wildman–Crippen LogP) is 6.09. The average Bonchev–Trinajstić information content (AvgIpc) is 2.82. The fraction of sp³-hybridized carbons (Fsp3) is 0.645. The van der Waals surface area contributed by atoms with Gasteiger partial charge in [0.2, 0.25) is 0 Å². The van der Waals surface area contributed by atoms with Gasteiger partial charge in [0.15, 0.2) is 5.79 Å². The lowest BCUT2D eigenvalue weighted by atomic mass is 9.95. The van der Waals surface area contributed by atoms with Gasteiger partial charge in [-0.05, 0) is 84.9 Å². The van der Waals surface area contributed by atoms with Crippen LogP contribution in [0.5, 0.6) is 5.75 Å². The van der Waals surface area contributed by atoms with Crippen LogP contribution >= 0.6 is 0 Å². The summed E-state index contributed by atoms with van der Waals surface area (Å²) < 4.78 is 35.0. The van der Waals surface area contributed by atoms with Crippen LogP contribution in [0.4, 0.5) is 4.79 Å². The van der Waals surface area contributed by atoms with Gasteiger partial charge in [-0.3, -0.25) is 0 Å². The van der Waals surface area contributed by atoms with Crippen LogP contribution < -0.4 is 10.1 Å². The topological polar surface area (TPSA) is 84.5 Å². The van der Waals surface area contributed by atoms with Crippen molar-refractivity contribution in [1.29, 1.82) is 0 Å². The summed E-state index contributed by atoms with van der Waals surface area (Å²) in [5.41, 5.74) is 2.84. The number of methoxy groups -OCH3 is 1. The highest BCUT2D eigenvalue weighted by molar-refractivity contribution is 5.68. The van der Waals surface area contributed by atoms with Gasteiger partial charge >= 0.3 is 6.09 Å². The van der Waals surface area contributed by atoms with Gasteiger partial charge in [0.05, 0.1) is 44.7 Å². The molecular formula is C31H47NO7. The molecule has 0 aliphatic carbocycles. The molecule has 3 rings (SSSR count). The molecule has 2 fully saturated rings. The number of alkyl carbamates (subject to hydrolysis) is 1. The highest BCUT2D eigenvalue weighted by Gasteiger charge is 2.38. The van der Waals surface area contributed by atoms with E-state index in [1.165, 1.54) is 5.57 Å². The molecule has 0 radical (unpaired) electrons. The predicted molar refractivity (Wildman–Crippen MR) is 151 cm³/mol. The molecule has 4 atom stereocenters. The van der Waals surface area contributed by atoms with Crippen LogP contribution in [0.25, 0.3) is 0 Å². The Kier molecular flexibility index (Phi) is 11.0. The van der Waals surface area contributed by atoms with E-state index in [-0.39, 0.29) is 24.4 Å².